The van der Waals surface area contributed by atoms with Gasteiger partial charge in [0, 0.05) is 0 Å². The predicted octanol–water partition coefficient (Wildman–Crippen LogP) is 1.20. The number of hydrogen-bond donors (Lipinski definition) is 1. The second-order valence-corrected chi connectivity index (χ2v) is 7.93. The van der Waals surface area contributed by atoms with Gasteiger partial charge in [0.15, 0.2) is 0 Å². The van der Waals surface area contributed by atoms with E-state index in [0.717, 1.165) is 5.56 Å². The first-order valence-corrected chi connectivity index (χ1v) is 8.20. The van der Waals surface area contributed by atoms with Crippen molar-refractivity contribution in [2.24, 2.45) is 0 Å². The number of epoxide rings is 2. The summed E-state index contributed by atoms with van der Waals surface area (Å²) in [4.78, 5) is -1.57. The number of hydrogen-bond acceptors (Lipinski definition) is 5. The van der Waals surface area contributed by atoms with Gasteiger partial charge in [0.25, 0.3) is 0 Å². The van der Waals surface area contributed by atoms with Crippen LogP contribution in [0.25, 0.3) is 0 Å². The molecule has 0 amide bonds. The molecular formula is C15H18O5S. The molecule has 1 aromatic rings. The third kappa shape index (κ3) is 1.97. The number of aliphatic hydroxyl groups is 1. The molecule has 5 nitrogen and oxygen atoms in total. The molecule has 1 aromatic carbocycles. The molecule has 2 aliphatic heterocycles. The lowest BCUT2D eigenvalue weighted by molar-refractivity contribution is 0.0444. The minimum atomic E-state index is -3.87. The fourth-order valence-electron chi connectivity index (χ4n) is 2.56. The summed E-state index contributed by atoms with van der Waals surface area (Å²) < 4.78 is 36.4. The summed E-state index contributed by atoms with van der Waals surface area (Å²) in [6.07, 6.45) is -0.597. The standard InChI is InChI=1S/C15H18O5S/c1-4-12-15(20-12,13(16)14(3)9-19-14)21(17,18)11-7-5-10(2)6-8-11/h4-8,12-13,16H,1,9H2,2-3H3/t12-,13+,14+,15+/m0/s1. The summed E-state index contributed by atoms with van der Waals surface area (Å²) in [6.45, 7) is 7.44. The first-order valence-electron chi connectivity index (χ1n) is 6.71. The van der Waals surface area contributed by atoms with Crippen molar-refractivity contribution >= 4 is 9.84 Å². The smallest absolute Gasteiger partial charge is 0.232 e. The first-order chi connectivity index (χ1) is 9.78. The zero-order chi connectivity index (χ0) is 15.5. The minimum absolute atomic E-state index is 0.126. The van der Waals surface area contributed by atoms with Crippen molar-refractivity contribution in [3.05, 3.63) is 42.5 Å². The molecule has 21 heavy (non-hydrogen) atoms. The number of benzene rings is 1. The monoisotopic (exact) mass is 310 g/mol. The van der Waals surface area contributed by atoms with Gasteiger partial charge in [-0.3, -0.25) is 0 Å². The lowest BCUT2D eigenvalue weighted by Crippen LogP contribution is -2.47. The Hall–Kier alpha value is -1.21. The van der Waals surface area contributed by atoms with Crippen molar-refractivity contribution in [2.75, 3.05) is 6.61 Å². The maximum atomic E-state index is 12.9. The van der Waals surface area contributed by atoms with Crippen LogP contribution in [-0.4, -0.2) is 42.9 Å². The van der Waals surface area contributed by atoms with E-state index in [4.69, 9.17) is 9.47 Å². The molecule has 0 bridgehead atoms. The maximum absolute atomic E-state index is 12.9. The summed E-state index contributed by atoms with van der Waals surface area (Å²) in [6, 6.07) is 6.48. The topological polar surface area (TPSA) is 79.4 Å². The molecule has 6 heteroatoms. The van der Waals surface area contributed by atoms with Gasteiger partial charge in [0.1, 0.15) is 17.8 Å². The summed E-state index contributed by atoms with van der Waals surface area (Å²) in [7, 11) is -3.87. The molecule has 0 radical (unpaired) electrons. The van der Waals surface area contributed by atoms with Crippen LogP contribution in [0.1, 0.15) is 12.5 Å². The van der Waals surface area contributed by atoms with Crippen LogP contribution in [-0.2, 0) is 19.3 Å². The highest BCUT2D eigenvalue weighted by atomic mass is 32.2. The van der Waals surface area contributed by atoms with Crippen molar-refractivity contribution < 1.29 is 23.0 Å². The van der Waals surface area contributed by atoms with Crippen LogP contribution in [0.2, 0.25) is 0 Å². The molecule has 3 rings (SSSR count). The summed E-state index contributed by atoms with van der Waals surface area (Å²) in [5, 5.41) is 10.5. The Morgan fingerprint density at radius 3 is 2.43 bits per heavy atom. The van der Waals surface area contributed by atoms with E-state index in [9.17, 15) is 13.5 Å². The summed E-state index contributed by atoms with van der Waals surface area (Å²) >= 11 is 0. The lowest BCUT2D eigenvalue weighted by Gasteiger charge is -2.23. The number of aryl methyl sites for hydroxylation is 1. The molecule has 0 saturated carbocycles. The van der Waals surface area contributed by atoms with E-state index in [2.05, 4.69) is 6.58 Å². The molecular weight excluding hydrogens is 292 g/mol. The van der Waals surface area contributed by atoms with E-state index < -0.39 is 32.6 Å². The molecule has 2 saturated heterocycles. The minimum Gasteiger partial charge on any atom is -0.386 e. The van der Waals surface area contributed by atoms with Crippen LogP contribution >= 0.6 is 0 Å². The van der Waals surface area contributed by atoms with Crippen molar-refractivity contribution in [3.63, 3.8) is 0 Å². The average molecular weight is 310 g/mol. The van der Waals surface area contributed by atoms with Crippen molar-refractivity contribution in [1.29, 1.82) is 0 Å². The van der Waals surface area contributed by atoms with Crippen LogP contribution < -0.4 is 0 Å². The van der Waals surface area contributed by atoms with Crippen LogP contribution in [0.4, 0.5) is 0 Å². The fourth-order valence-corrected chi connectivity index (χ4v) is 4.60. The highest BCUT2D eigenvalue weighted by molar-refractivity contribution is 7.93. The van der Waals surface area contributed by atoms with Crippen molar-refractivity contribution in [3.8, 4) is 0 Å². The molecule has 2 fully saturated rings. The Labute approximate surface area is 124 Å². The summed E-state index contributed by atoms with van der Waals surface area (Å²) in [5.74, 6) is 0. The van der Waals surface area contributed by atoms with Gasteiger partial charge in [0.2, 0.25) is 14.8 Å². The van der Waals surface area contributed by atoms with Gasteiger partial charge in [-0.05, 0) is 26.0 Å². The Kier molecular flexibility index (Phi) is 3.08. The van der Waals surface area contributed by atoms with Crippen LogP contribution in [0.15, 0.2) is 41.8 Å². The van der Waals surface area contributed by atoms with Gasteiger partial charge in [-0.2, -0.15) is 0 Å². The van der Waals surface area contributed by atoms with E-state index in [1.54, 1.807) is 19.1 Å². The molecule has 2 aliphatic rings. The van der Waals surface area contributed by atoms with E-state index in [1.165, 1.54) is 18.2 Å². The quantitative estimate of drug-likeness (QED) is 0.653. The second-order valence-electron chi connectivity index (χ2n) is 5.82. The number of rotatable bonds is 5. The second kappa shape index (κ2) is 4.39. The van der Waals surface area contributed by atoms with Crippen LogP contribution in [0.3, 0.4) is 0 Å². The Balaban J connectivity index is 2.05. The van der Waals surface area contributed by atoms with E-state index in [1.807, 2.05) is 6.92 Å². The van der Waals surface area contributed by atoms with Crippen LogP contribution in [0.5, 0.6) is 0 Å². The van der Waals surface area contributed by atoms with Gasteiger partial charge in [-0.1, -0.05) is 23.8 Å². The van der Waals surface area contributed by atoms with Crippen molar-refractivity contribution in [1.82, 2.24) is 0 Å². The normalized spacial score (nSPS) is 36.0. The van der Waals surface area contributed by atoms with Gasteiger partial charge in [0.05, 0.1) is 11.5 Å². The Morgan fingerprint density at radius 1 is 1.43 bits per heavy atom. The largest absolute Gasteiger partial charge is 0.386 e. The molecule has 0 aromatic heterocycles. The van der Waals surface area contributed by atoms with Crippen molar-refractivity contribution in [2.45, 2.75) is 41.5 Å². The zero-order valence-corrected chi connectivity index (χ0v) is 12.8. The Bertz CT molecular complexity index is 675. The van der Waals surface area contributed by atoms with E-state index in [-0.39, 0.29) is 4.90 Å². The molecule has 0 unspecified atom stereocenters. The van der Waals surface area contributed by atoms with Gasteiger partial charge in [-0.25, -0.2) is 8.42 Å². The van der Waals surface area contributed by atoms with Crippen LogP contribution in [0, 0.1) is 6.92 Å². The number of ether oxygens (including phenoxy) is 2. The highest BCUT2D eigenvalue weighted by Crippen LogP contribution is 2.53. The lowest BCUT2D eigenvalue weighted by atomic mass is 10.0. The molecule has 0 spiro atoms. The molecule has 4 atom stereocenters. The first kappa shape index (κ1) is 14.7. The van der Waals surface area contributed by atoms with Gasteiger partial charge < -0.3 is 14.6 Å². The molecule has 114 valence electrons. The molecule has 1 N–H and O–H groups in total. The SMILES string of the molecule is C=C[C@@H]1O[C@@]1([C@H](O)[C@@]1(C)CO1)S(=O)(=O)c1ccc(C)cc1. The predicted molar refractivity (Wildman–Crippen MR) is 76.5 cm³/mol. The highest BCUT2D eigenvalue weighted by Gasteiger charge is 2.75. The van der Waals surface area contributed by atoms with Gasteiger partial charge >= 0.3 is 0 Å². The zero-order valence-electron chi connectivity index (χ0n) is 11.9. The third-order valence-electron chi connectivity index (χ3n) is 4.18. The van der Waals surface area contributed by atoms with Gasteiger partial charge in [-0.15, -0.1) is 6.58 Å². The maximum Gasteiger partial charge on any atom is 0.232 e. The number of sulfone groups is 1. The number of aliphatic hydroxyl groups excluding tert-OH is 1. The van der Waals surface area contributed by atoms with E-state index >= 15 is 0 Å². The third-order valence-corrected chi connectivity index (χ3v) is 6.46. The summed E-state index contributed by atoms with van der Waals surface area (Å²) in [5.41, 5.74) is 0.0771. The fraction of sp³-hybridized carbons (Fsp3) is 0.467. The Morgan fingerprint density at radius 2 is 2.00 bits per heavy atom. The average Bonchev–Trinajstić information content (AvgIpc) is 3.34. The molecule has 0 aliphatic carbocycles. The van der Waals surface area contributed by atoms with E-state index in [0.29, 0.717) is 6.61 Å². The molecule has 2 heterocycles.